The average Bonchev–Trinajstić information content (AvgIpc) is 3.42. The number of ether oxygens (including phenoxy) is 2. The topological polar surface area (TPSA) is 98.4 Å². The fraction of sp³-hybridized carbons (Fsp3) is 0.320. The van der Waals surface area contributed by atoms with E-state index in [-0.39, 0.29) is 0 Å². The number of rotatable bonds is 12. The zero-order chi connectivity index (χ0) is 24.8. The van der Waals surface area contributed by atoms with E-state index in [1.807, 2.05) is 37.3 Å². The second kappa shape index (κ2) is 11.5. The minimum Gasteiger partial charge on any atom is -0.494 e. The number of benzene rings is 2. The molecule has 0 bridgehead atoms. The van der Waals surface area contributed by atoms with Crippen LogP contribution in [0.2, 0.25) is 0 Å². The second-order valence-electron chi connectivity index (χ2n) is 8.27. The molecule has 8 nitrogen and oxygen atoms in total. The van der Waals surface area contributed by atoms with Gasteiger partial charge in [-0.1, -0.05) is 35.3 Å². The summed E-state index contributed by atoms with van der Waals surface area (Å²) in [7, 11) is 4.11. The van der Waals surface area contributed by atoms with Crippen molar-refractivity contribution in [3.8, 4) is 22.1 Å². The summed E-state index contributed by atoms with van der Waals surface area (Å²) in [5, 5.41) is 14.0. The number of fused-ring (bicyclic) bond motifs is 1. The molecule has 0 spiro atoms. The number of nitrogens with one attached hydrogen (secondary N) is 1. The van der Waals surface area contributed by atoms with Gasteiger partial charge in [0.2, 0.25) is 5.13 Å². The van der Waals surface area contributed by atoms with Gasteiger partial charge in [0.25, 0.3) is 0 Å². The summed E-state index contributed by atoms with van der Waals surface area (Å²) < 4.78 is 12.9. The maximum absolute atomic E-state index is 6.12. The van der Waals surface area contributed by atoms with Gasteiger partial charge < -0.3 is 25.4 Å². The molecule has 0 fully saturated rings. The normalized spacial score (nSPS) is 11.2. The van der Waals surface area contributed by atoms with Crippen molar-refractivity contribution in [2.75, 3.05) is 44.9 Å². The highest BCUT2D eigenvalue weighted by atomic mass is 32.1. The molecule has 0 aliphatic heterocycles. The number of anilines is 2. The molecule has 3 N–H and O–H groups in total. The van der Waals surface area contributed by atoms with E-state index < -0.39 is 0 Å². The molecule has 0 aliphatic rings. The molecule has 4 rings (SSSR count). The molecule has 0 saturated heterocycles. The molecule has 184 valence electrons. The van der Waals surface area contributed by atoms with Gasteiger partial charge in [0.05, 0.1) is 29.0 Å². The number of aromatic nitrogens is 3. The number of nitrogen functional groups attached to an aromatic ring is 1. The van der Waals surface area contributed by atoms with E-state index in [1.165, 1.54) is 22.7 Å². The molecule has 0 radical (unpaired) electrons. The van der Waals surface area contributed by atoms with E-state index in [1.54, 1.807) is 0 Å². The molecule has 4 aromatic rings. The summed E-state index contributed by atoms with van der Waals surface area (Å²) in [4.78, 5) is 6.45. The molecule has 0 aliphatic carbocycles. The van der Waals surface area contributed by atoms with Gasteiger partial charge in [0.15, 0.2) is 10.1 Å². The summed E-state index contributed by atoms with van der Waals surface area (Å²) in [5.41, 5.74) is 9.58. The lowest BCUT2D eigenvalue weighted by atomic mass is 10.1. The van der Waals surface area contributed by atoms with Crippen molar-refractivity contribution < 1.29 is 9.47 Å². The Kier molecular flexibility index (Phi) is 8.17. The van der Waals surface area contributed by atoms with Crippen LogP contribution in [0.15, 0.2) is 48.7 Å². The van der Waals surface area contributed by atoms with E-state index in [9.17, 15) is 0 Å². The molecule has 2 aromatic carbocycles. The Hall–Kier alpha value is -3.21. The minimum absolute atomic E-state index is 0.575. The van der Waals surface area contributed by atoms with Crippen LogP contribution < -0.4 is 20.5 Å². The third kappa shape index (κ3) is 6.68. The highest BCUT2D eigenvalue weighted by Gasteiger charge is 2.15. The predicted octanol–water partition coefficient (Wildman–Crippen LogP) is 5.29. The van der Waals surface area contributed by atoms with E-state index >= 15 is 0 Å². The predicted molar refractivity (Wildman–Crippen MR) is 146 cm³/mol. The number of hydrogen-bond acceptors (Lipinski definition) is 10. The van der Waals surface area contributed by atoms with Crippen molar-refractivity contribution in [3.63, 3.8) is 0 Å². The van der Waals surface area contributed by atoms with Crippen LogP contribution in [-0.2, 0) is 6.42 Å². The molecule has 0 unspecified atom stereocenters. The smallest absolute Gasteiger partial charge is 0.210 e. The third-order valence-electron chi connectivity index (χ3n) is 5.10. The van der Waals surface area contributed by atoms with E-state index in [4.69, 9.17) is 15.2 Å². The van der Waals surface area contributed by atoms with Crippen LogP contribution >= 0.6 is 22.7 Å². The Labute approximate surface area is 213 Å². The average molecular weight is 511 g/mol. The number of allylic oxidation sites excluding steroid dienone is 1. The molecule has 0 atom stereocenters. The number of hydrogen-bond donors (Lipinski definition) is 2. The van der Waals surface area contributed by atoms with Crippen molar-refractivity contribution in [1.82, 2.24) is 20.1 Å². The fourth-order valence-corrected chi connectivity index (χ4v) is 5.16. The summed E-state index contributed by atoms with van der Waals surface area (Å²) in [6.07, 6.45) is 1.58. The van der Waals surface area contributed by atoms with Gasteiger partial charge in [0, 0.05) is 24.7 Å². The maximum atomic E-state index is 6.12. The second-order valence-corrected chi connectivity index (χ2v) is 10.3. The van der Waals surface area contributed by atoms with Crippen molar-refractivity contribution in [1.29, 1.82) is 0 Å². The van der Waals surface area contributed by atoms with Gasteiger partial charge in [0.1, 0.15) is 11.5 Å². The van der Waals surface area contributed by atoms with Crippen molar-refractivity contribution in [3.05, 3.63) is 54.2 Å². The summed E-state index contributed by atoms with van der Waals surface area (Å²) >= 11 is 2.95. The van der Waals surface area contributed by atoms with Gasteiger partial charge >= 0.3 is 0 Å². The Morgan fingerprint density at radius 1 is 1.11 bits per heavy atom. The number of nitrogens with two attached hydrogens (primary N) is 1. The lowest BCUT2D eigenvalue weighted by Crippen LogP contribution is -2.15. The van der Waals surface area contributed by atoms with Crippen LogP contribution in [0.1, 0.15) is 18.9 Å². The summed E-state index contributed by atoms with van der Waals surface area (Å²) in [5.74, 6) is 1.52. The van der Waals surface area contributed by atoms with Crippen LogP contribution in [0.5, 0.6) is 11.5 Å². The molecular weight excluding hydrogens is 480 g/mol. The molecular formula is C25H30N6O2S2. The first-order valence-electron chi connectivity index (χ1n) is 11.4. The first-order chi connectivity index (χ1) is 16.9. The minimum atomic E-state index is 0.575. The van der Waals surface area contributed by atoms with Crippen LogP contribution in [0.25, 0.3) is 20.8 Å². The fourth-order valence-electron chi connectivity index (χ4n) is 3.54. The lowest BCUT2D eigenvalue weighted by molar-refractivity contribution is 0.279. The van der Waals surface area contributed by atoms with E-state index in [2.05, 4.69) is 52.1 Å². The molecule has 10 heteroatoms. The third-order valence-corrected chi connectivity index (χ3v) is 6.82. The van der Waals surface area contributed by atoms with Gasteiger partial charge in [-0.25, -0.2) is 4.98 Å². The quantitative estimate of drug-likeness (QED) is 0.248. The highest BCUT2D eigenvalue weighted by Crippen LogP contribution is 2.37. The Morgan fingerprint density at radius 3 is 2.77 bits per heavy atom. The Morgan fingerprint density at radius 2 is 1.97 bits per heavy atom. The SMILES string of the molecule is C=C(Cc1ccc2nc(N)sc2c1)Nc1nnc(-c2ccc(OCC)cc2OCCCN(C)C)s1. The zero-order valence-corrected chi connectivity index (χ0v) is 21.8. The molecule has 35 heavy (non-hydrogen) atoms. The molecule has 0 amide bonds. The number of nitrogens with zero attached hydrogens (tertiary/aromatic N) is 4. The van der Waals surface area contributed by atoms with Gasteiger partial charge in [-0.2, -0.15) is 0 Å². The van der Waals surface area contributed by atoms with Gasteiger partial charge in [-0.3, -0.25) is 0 Å². The highest BCUT2D eigenvalue weighted by molar-refractivity contribution is 7.22. The summed E-state index contributed by atoms with van der Waals surface area (Å²) in [6, 6.07) is 12.0. The number of thiazole rings is 1. The first-order valence-corrected chi connectivity index (χ1v) is 13.0. The Bertz CT molecular complexity index is 1300. The van der Waals surface area contributed by atoms with Crippen molar-refractivity contribution >= 4 is 43.2 Å². The van der Waals surface area contributed by atoms with Gasteiger partial charge in [-0.05, 0) is 57.3 Å². The monoisotopic (exact) mass is 510 g/mol. The standard InChI is InChI=1S/C25H30N6O2S2/c1-5-32-18-8-9-19(21(15-18)33-12-6-11-31(3)4)23-29-30-25(35-23)27-16(2)13-17-7-10-20-22(14-17)34-24(26)28-20/h7-10,14-15H,2,5-6,11-13H2,1,3-4H3,(H2,26,28)(H,27,30). The van der Waals surface area contributed by atoms with Crippen LogP contribution in [0.3, 0.4) is 0 Å². The zero-order valence-electron chi connectivity index (χ0n) is 20.2. The van der Waals surface area contributed by atoms with Crippen LogP contribution in [0.4, 0.5) is 10.3 Å². The van der Waals surface area contributed by atoms with Crippen molar-refractivity contribution in [2.24, 2.45) is 0 Å². The molecule has 2 heterocycles. The van der Waals surface area contributed by atoms with Crippen LogP contribution in [-0.4, -0.2) is 53.9 Å². The lowest BCUT2D eigenvalue weighted by Gasteiger charge is -2.13. The van der Waals surface area contributed by atoms with E-state index in [0.29, 0.717) is 29.9 Å². The van der Waals surface area contributed by atoms with Crippen LogP contribution in [0, 0.1) is 0 Å². The Balaban J connectivity index is 1.44. The molecule has 2 aromatic heterocycles. The summed E-state index contributed by atoms with van der Waals surface area (Å²) in [6.45, 7) is 8.30. The first kappa shape index (κ1) is 24.9. The largest absolute Gasteiger partial charge is 0.494 e. The van der Waals surface area contributed by atoms with Crippen molar-refractivity contribution in [2.45, 2.75) is 19.8 Å². The van der Waals surface area contributed by atoms with E-state index in [0.717, 1.165) is 56.5 Å². The van der Waals surface area contributed by atoms with Gasteiger partial charge in [-0.15, -0.1) is 10.2 Å². The molecule has 0 saturated carbocycles. The maximum Gasteiger partial charge on any atom is 0.210 e.